The monoisotopic (exact) mass is 336 g/mol. The first-order valence-electron chi connectivity index (χ1n) is 6.79. The molecule has 9 heteroatoms. The van der Waals surface area contributed by atoms with Gasteiger partial charge in [-0.1, -0.05) is 16.4 Å². The molecule has 1 heterocycles. The fourth-order valence-corrected chi connectivity index (χ4v) is 2.62. The maximum atomic E-state index is 11.9. The Balaban J connectivity index is 1.79. The summed E-state index contributed by atoms with van der Waals surface area (Å²) in [5.41, 5.74) is 1.29. The van der Waals surface area contributed by atoms with Gasteiger partial charge in [0.2, 0.25) is 11.8 Å². The van der Waals surface area contributed by atoms with Crippen LogP contribution >= 0.6 is 11.8 Å². The van der Waals surface area contributed by atoms with Crippen molar-refractivity contribution >= 4 is 35.0 Å². The highest BCUT2D eigenvalue weighted by Crippen LogP contribution is 2.22. The molecule has 0 fully saturated rings. The fraction of sp³-hybridized carbons (Fsp3) is 0.286. The van der Waals surface area contributed by atoms with E-state index in [0.29, 0.717) is 22.2 Å². The highest BCUT2D eigenvalue weighted by Gasteiger charge is 2.14. The third kappa shape index (κ3) is 4.99. The van der Waals surface area contributed by atoms with E-state index >= 15 is 0 Å². The number of nitrogens with one attached hydrogen (secondary N) is 2. The average Bonchev–Trinajstić information content (AvgIpc) is 2.80. The van der Waals surface area contributed by atoms with Crippen LogP contribution in [0.1, 0.15) is 13.3 Å². The SMILES string of the molecule is CC(=O)Nc1ccc(NC(=O)CCSc2c([O-])on[n+]2C)cc1. The zero-order valence-corrected chi connectivity index (χ0v) is 13.5. The summed E-state index contributed by atoms with van der Waals surface area (Å²) in [6.45, 7) is 1.43. The smallest absolute Gasteiger partial charge is 0.290 e. The maximum absolute atomic E-state index is 11.9. The third-order valence-corrected chi connectivity index (χ3v) is 3.88. The second-order valence-corrected chi connectivity index (χ2v) is 5.78. The summed E-state index contributed by atoms with van der Waals surface area (Å²) in [4.78, 5) is 22.8. The van der Waals surface area contributed by atoms with Crippen molar-refractivity contribution in [1.29, 1.82) is 0 Å². The molecule has 2 rings (SSSR count). The summed E-state index contributed by atoms with van der Waals surface area (Å²) in [7, 11) is 1.60. The molecule has 1 aromatic heterocycles. The Morgan fingerprint density at radius 3 is 2.39 bits per heavy atom. The first kappa shape index (κ1) is 16.8. The van der Waals surface area contributed by atoms with E-state index in [1.165, 1.54) is 23.4 Å². The van der Waals surface area contributed by atoms with Crippen LogP contribution in [0.3, 0.4) is 0 Å². The number of amides is 2. The molecule has 0 radical (unpaired) electrons. The number of carbonyl (C=O) groups is 2. The number of hydrogen-bond donors (Lipinski definition) is 2. The van der Waals surface area contributed by atoms with Gasteiger partial charge >= 0.3 is 0 Å². The van der Waals surface area contributed by atoms with Crippen LogP contribution in [0.25, 0.3) is 0 Å². The molecular formula is C14H16N4O4S. The Morgan fingerprint density at radius 2 is 1.87 bits per heavy atom. The zero-order valence-electron chi connectivity index (χ0n) is 12.7. The Kier molecular flexibility index (Phi) is 5.58. The van der Waals surface area contributed by atoms with Crippen molar-refractivity contribution in [3.8, 4) is 5.95 Å². The van der Waals surface area contributed by atoms with Crippen molar-refractivity contribution in [3.63, 3.8) is 0 Å². The highest BCUT2D eigenvalue weighted by molar-refractivity contribution is 7.99. The number of hydrogen-bond acceptors (Lipinski definition) is 6. The van der Waals surface area contributed by atoms with E-state index in [4.69, 9.17) is 0 Å². The molecule has 122 valence electrons. The van der Waals surface area contributed by atoms with Crippen LogP contribution in [0.4, 0.5) is 11.4 Å². The van der Waals surface area contributed by atoms with Gasteiger partial charge in [0.25, 0.3) is 5.03 Å². The van der Waals surface area contributed by atoms with Crippen LogP contribution in [-0.2, 0) is 16.6 Å². The number of aryl methyl sites for hydroxylation is 1. The number of nitrogens with zero attached hydrogens (tertiary/aromatic N) is 2. The summed E-state index contributed by atoms with van der Waals surface area (Å²) < 4.78 is 5.83. The molecule has 0 atom stereocenters. The molecule has 0 saturated carbocycles. The van der Waals surface area contributed by atoms with Gasteiger partial charge in [-0.25, -0.2) is 0 Å². The van der Waals surface area contributed by atoms with Crippen LogP contribution in [0.2, 0.25) is 0 Å². The zero-order chi connectivity index (χ0) is 16.8. The average molecular weight is 336 g/mol. The maximum Gasteiger partial charge on any atom is 0.290 e. The number of aromatic nitrogens is 2. The van der Waals surface area contributed by atoms with Gasteiger partial charge < -0.3 is 20.3 Å². The summed E-state index contributed by atoms with van der Waals surface area (Å²) in [6, 6.07) is 6.80. The van der Waals surface area contributed by atoms with Crippen LogP contribution in [0, 0.1) is 0 Å². The molecule has 0 aliphatic carbocycles. The fourth-order valence-electron chi connectivity index (χ4n) is 1.76. The molecule has 1 aromatic carbocycles. The molecule has 0 spiro atoms. The number of thioether (sulfide) groups is 1. The molecule has 0 unspecified atom stereocenters. The number of carbonyl (C=O) groups excluding carboxylic acids is 2. The Bertz CT molecular complexity index is 680. The second kappa shape index (κ2) is 7.63. The lowest BCUT2D eigenvalue weighted by Crippen LogP contribution is -2.32. The number of rotatable bonds is 6. The summed E-state index contributed by atoms with van der Waals surface area (Å²) in [5.74, 6) is -0.402. The van der Waals surface area contributed by atoms with Gasteiger partial charge in [-0.05, 0) is 24.3 Å². The van der Waals surface area contributed by atoms with Crippen LogP contribution in [-0.4, -0.2) is 22.8 Å². The predicted molar refractivity (Wildman–Crippen MR) is 81.8 cm³/mol. The van der Waals surface area contributed by atoms with Crippen molar-refractivity contribution in [1.82, 2.24) is 5.27 Å². The largest absolute Gasteiger partial charge is 0.538 e. The Labute approximate surface area is 136 Å². The van der Waals surface area contributed by atoms with E-state index in [0.717, 1.165) is 0 Å². The number of benzene rings is 1. The first-order valence-corrected chi connectivity index (χ1v) is 7.77. The molecule has 0 aliphatic rings. The summed E-state index contributed by atoms with van der Waals surface area (Å²) in [5, 5.41) is 20.5. The Hall–Kier alpha value is -2.55. The minimum atomic E-state index is -0.508. The summed E-state index contributed by atoms with van der Waals surface area (Å²) in [6.07, 6.45) is 0.239. The van der Waals surface area contributed by atoms with Crippen LogP contribution in [0.15, 0.2) is 33.8 Å². The van der Waals surface area contributed by atoms with Gasteiger partial charge in [0.1, 0.15) is 0 Å². The van der Waals surface area contributed by atoms with Crippen molar-refractivity contribution < 1.29 is 23.9 Å². The molecule has 2 amide bonds. The topological polar surface area (TPSA) is 111 Å². The van der Waals surface area contributed by atoms with E-state index in [1.54, 1.807) is 31.3 Å². The van der Waals surface area contributed by atoms with E-state index in [9.17, 15) is 14.7 Å². The molecule has 0 bridgehead atoms. The minimum Gasteiger partial charge on any atom is -0.538 e. The van der Waals surface area contributed by atoms with Crippen molar-refractivity contribution in [3.05, 3.63) is 24.3 Å². The molecule has 2 aromatic rings. The molecule has 0 aliphatic heterocycles. The predicted octanol–water partition coefficient (Wildman–Crippen LogP) is 0.652. The molecule has 0 saturated heterocycles. The first-order chi connectivity index (χ1) is 11.0. The lowest BCUT2D eigenvalue weighted by molar-refractivity contribution is -0.772. The second-order valence-electron chi connectivity index (χ2n) is 4.69. The van der Waals surface area contributed by atoms with Crippen LogP contribution in [0.5, 0.6) is 5.95 Å². The molecular weight excluding hydrogens is 320 g/mol. The number of anilines is 2. The standard InChI is InChI=1S/C14H15N4O4S/c1-9(19)15-10-3-5-11(6-4-10)16-12(20)7-8-23-13-14(21)22-17-18(13)2/h3-6,21H,7-8H2,1-2H3/q-1/p+1. The lowest BCUT2D eigenvalue weighted by Gasteiger charge is -2.06. The van der Waals surface area contributed by atoms with Gasteiger partial charge in [-0.15, -0.1) is 0 Å². The quantitative estimate of drug-likeness (QED) is 0.592. The Morgan fingerprint density at radius 1 is 1.26 bits per heavy atom. The van der Waals surface area contributed by atoms with Gasteiger partial charge in [-0.3, -0.25) is 9.59 Å². The van der Waals surface area contributed by atoms with Crippen LogP contribution < -0.4 is 20.4 Å². The lowest BCUT2D eigenvalue weighted by atomic mass is 10.2. The van der Waals surface area contributed by atoms with Gasteiger partial charge in [0.15, 0.2) is 13.0 Å². The van der Waals surface area contributed by atoms with Crippen molar-refractivity contribution in [2.45, 2.75) is 18.4 Å². The highest BCUT2D eigenvalue weighted by atomic mass is 32.2. The third-order valence-electron chi connectivity index (χ3n) is 2.77. The molecule has 2 N–H and O–H groups in total. The van der Waals surface area contributed by atoms with Crippen molar-refractivity contribution in [2.75, 3.05) is 16.4 Å². The van der Waals surface area contributed by atoms with Crippen molar-refractivity contribution in [2.24, 2.45) is 7.05 Å². The van der Waals surface area contributed by atoms with E-state index < -0.39 is 5.95 Å². The summed E-state index contributed by atoms with van der Waals surface area (Å²) >= 11 is 1.21. The van der Waals surface area contributed by atoms with E-state index in [-0.39, 0.29) is 18.2 Å². The minimum absolute atomic E-state index is 0.154. The van der Waals surface area contributed by atoms with E-state index in [1.807, 2.05) is 0 Å². The van der Waals surface area contributed by atoms with Gasteiger partial charge in [0, 0.05) is 30.5 Å². The van der Waals surface area contributed by atoms with E-state index in [2.05, 4.69) is 20.4 Å². The molecule has 23 heavy (non-hydrogen) atoms. The normalized spacial score (nSPS) is 10.3. The van der Waals surface area contributed by atoms with Gasteiger partial charge in [-0.2, -0.15) is 0 Å². The molecule has 8 nitrogen and oxygen atoms in total. The van der Waals surface area contributed by atoms with Gasteiger partial charge in [0.05, 0.1) is 5.27 Å².